The molecule has 2 aromatic rings. The second kappa shape index (κ2) is 6.85. The van der Waals surface area contributed by atoms with Crippen LogP contribution in [0.4, 0.5) is 17.1 Å². The van der Waals surface area contributed by atoms with E-state index in [2.05, 4.69) is 10.2 Å². The van der Waals surface area contributed by atoms with Crippen LogP contribution < -0.4 is 10.2 Å². The van der Waals surface area contributed by atoms with Gasteiger partial charge in [0.1, 0.15) is 5.69 Å². The van der Waals surface area contributed by atoms with Gasteiger partial charge in [0, 0.05) is 12.7 Å². The zero-order chi connectivity index (χ0) is 19.1. The fraction of sp³-hybridized carbons (Fsp3) is 0.429. The van der Waals surface area contributed by atoms with E-state index in [1.807, 2.05) is 49.7 Å². The third-order valence-corrected chi connectivity index (χ3v) is 5.85. The maximum Gasteiger partial charge on any atom is 0.274 e. The van der Waals surface area contributed by atoms with E-state index in [1.54, 1.807) is 4.90 Å². The number of benzene rings is 1. The molecule has 2 amide bonds. The summed E-state index contributed by atoms with van der Waals surface area (Å²) >= 11 is 0. The number of fused-ring (bicyclic) bond motifs is 2. The molecule has 0 spiro atoms. The van der Waals surface area contributed by atoms with Crippen LogP contribution in [0, 0.1) is 13.8 Å². The van der Waals surface area contributed by atoms with E-state index in [0.717, 1.165) is 42.9 Å². The molecule has 1 aromatic carbocycles. The summed E-state index contributed by atoms with van der Waals surface area (Å²) in [6.07, 6.45) is 3.51. The lowest BCUT2D eigenvalue weighted by atomic mass is 10.1. The van der Waals surface area contributed by atoms with Gasteiger partial charge in [-0.05, 0) is 57.5 Å². The van der Waals surface area contributed by atoms with Crippen LogP contribution in [0.5, 0.6) is 0 Å². The monoisotopic (exact) mass is 366 g/mol. The Morgan fingerprint density at radius 1 is 1.11 bits per heavy atom. The Morgan fingerprint density at radius 3 is 2.56 bits per heavy atom. The molecular weight excluding hydrogens is 340 g/mol. The highest BCUT2D eigenvalue weighted by atomic mass is 16.2. The topological polar surface area (TPSA) is 57.6 Å². The van der Waals surface area contributed by atoms with Crippen LogP contribution in [-0.4, -0.2) is 40.9 Å². The number of nitrogens with zero attached hydrogens (tertiary/aromatic N) is 3. The van der Waals surface area contributed by atoms with Crippen molar-refractivity contribution in [1.82, 2.24) is 9.47 Å². The SMILES string of the molecule is Cc1c2c(n(C)c1C)C(=O)Nc1ccccc1N2C(=O)CN1CCCCC1. The van der Waals surface area contributed by atoms with Gasteiger partial charge < -0.3 is 9.88 Å². The van der Waals surface area contributed by atoms with Crippen molar-refractivity contribution >= 4 is 28.9 Å². The zero-order valence-corrected chi connectivity index (χ0v) is 16.2. The molecule has 0 atom stereocenters. The summed E-state index contributed by atoms with van der Waals surface area (Å²) in [6, 6.07) is 7.53. The van der Waals surface area contributed by atoms with E-state index < -0.39 is 0 Å². The van der Waals surface area contributed by atoms with Gasteiger partial charge in [0.05, 0.1) is 23.6 Å². The molecule has 0 saturated carbocycles. The van der Waals surface area contributed by atoms with Crippen molar-refractivity contribution in [2.75, 3.05) is 29.9 Å². The Kier molecular flexibility index (Phi) is 4.52. The Balaban J connectivity index is 1.84. The molecular formula is C21H26N4O2. The largest absolute Gasteiger partial charge is 0.342 e. The number of rotatable bonds is 2. The van der Waals surface area contributed by atoms with Crippen molar-refractivity contribution in [1.29, 1.82) is 0 Å². The molecule has 3 heterocycles. The minimum atomic E-state index is -0.176. The van der Waals surface area contributed by atoms with Gasteiger partial charge in [0.2, 0.25) is 5.91 Å². The van der Waals surface area contributed by atoms with E-state index in [-0.39, 0.29) is 11.8 Å². The predicted molar refractivity (Wildman–Crippen MR) is 107 cm³/mol. The molecule has 2 aliphatic rings. The second-order valence-electron chi connectivity index (χ2n) is 7.50. The number of aromatic nitrogens is 1. The molecule has 0 radical (unpaired) electrons. The highest BCUT2D eigenvalue weighted by molar-refractivity contribution is 6.18. The lowest BCUT2D eigenvalue weighted by molar-refractivity contribution is -0.119. The summed E-state index contributed by atoms with van der Waals surface area (Å²) in [5.41, 5.74) is 4.60. The quantitative estimate of drug-likeness (QED) is 0.887. The van der Waals surface area contributed by atoms with Crippen LogP contribution in [-0.2, 0) is 11.8 Å². The van der Waals surface area contributed by atoms with Crippen molar-refractivity contribution in [3.63, 3.8) is 0 Å². The number of likely N-dealkylation sites (tertiary alicyclic amines) is 1. The number of hydrogen-bond donors (Lipinski definition) is 1. The standard InChI is InChI=1S/C21H26N4O2/c1-14-15(2)23(3)20-19(14)25(18(26)13-24-11-7-4-8-12-24)17-10-6-5-9-16(17)22-21(20)27/h5-6,9-10H,4,7-8,11-13H2,1-3H3,(H,22,27). The first-order chi connectivity index (χ1) is 13.0. The van der Waals surface area contributed by atoms with Gasteiger partial charge in [-0.2, -0.15) is 0 Å². The highest BCUT2D eigenvalue weighted by Gasteiger charge is 2.34. The van der Waals surface area contributed by atoms with Crippen LogP contribution >= 0.6 is 0 Å². The van der Waals surface area contributed by atoms with Crippen LogP contribution in [0.25, 0.3) is 0 Å². The maximum absolute atomic E-state index is 13.5. The summed E-state index contributed by atoms with van der Waals surface area (Å²) < 4.78 is 1.88. The Labute approximate surface area is 159 Å². The first kappa shape index (κ1) is 17.8. The molecule has 0 unspecified atom stereocenters. The van der Waals surface area contributed by atoms with Crippen molar-refractivity contribution in [3.05, 3.63) is 41.2 Å². The number of hydrogen-bond acceptors (Lipinski definition) is 3. The molecule has 0 aliphatic carbocycles. The van der Waals surface area contributed by atoms with Crippen LogP contribution in [0.2, 0.25) is 0 Å². The molecule has 2 aliphatic heterocycles. The van der Waals surface area contributed by atoms with E-state index >= 15 is 0 Å². The number of nitrogens with one attached hydrogen (secondary N) is 1. The van der Waals surface area contributed by atoms with Gasteiger partial charge in [-0.15, -0.1) is 0 Å². The van der Waals surface area contributed by atoms with Gasteiger partial charge in [0.25, 0.3) is 5.91 Å². The van der Waals surface area contributed by atoms with E-state index in [1.165, 1.54) is 6.42 Å². The van der Waals surface area contributed by atoms with Gasteiger partial charge in [-0.25, -0.2) is 0 Å². The number of carbonyl (C=O) groups excluding carboxylic acids is 2. The first-order valence-corrected chi connectivity index (χ1v) is 9.60. The van der Waals surface area contributed by atoms with Gasteiger partial charge >= 0.3 is 0 Å². The summed E-state index contributed by atoms with van der Waals surface area (Å²) in [7, 11) is 1.88. The predicted octanol–water partition coefficient (Wildman–Crippen LogP) is 3.36. The summed E-state index contributed by atoms with van der Waals surface area (Å²) in [5.74, 6) is -0.166. The molecule has 4 rings (SSSR count). The lowest BCUT2D eigenvalue weighted by Crippen LogP contribution is -2.40. The summed E-state index contributed by atoms with van der Waals surface area (Å²) in [5, 5.41) is 2.98. The lowest BCUT2D eigenvalue weighted by Gasteiger charge is -2.30. The number of amides is 2. The molecule has 6 nitrogen and oxygen atoms in total. The summed E-state index contributed by atoms with van der Waals surface area (Å²) in [6.45, 7) is 6.25. The smallest absolute Gasteiger partial charge is 0.274 e. The minimum absolute atomic E-state index is 0.0100. The minimum Gasteiger partial charge on any atom is -0.342 e. The highest BCUT2D eigenvalue weighted by Crippen LogP contribution is 2.41. The van der Waals surface area contributed by atoms with Gasteiger partial charge in [-0.1, -0.05) is 18.6 Å². The van der Waals surface area contributed by atoms with Crippen molar-refractivity contribution in [2.24, 2.45) is 7.05 Å². The Hall–Kier alpha value is -2.60. The number of carbonyl (C=O) groups is 2. The molecule has 1 fully saturated rings. The van der Waals surface area contributed by atoms with E-state index in [0.29, 0.717) is 23.6 Å². The average Bonchev–Trinajstić information content (AvgIpc) is 2.81. The third-order valence-electron chi connectivity index (χ3n) is 5.85. The Morgan fingerprint density at radius 2 is 1.81 bits per heavy atom. The summed E-state index contributed by atoms with van der Waals surface area (Å²) in [4.78, 5) is 30.4. The Bertz CT molecular complexity index is 909. The van der Waals surface area contributed by atoms with Crippen molar-refractivity contribution in [2.45, 2.75) is 33.1 Å². The number of piperidine rings is 1. The molecule has 0 bridgehead atoms. The first-order valence-electron chi connectivity index (χ1n) is 9.60. The van der Waals surface area contributed by atoms with Crippen LogP contribution in [0.1, 0.15) is 41.0 Å². The maximum atomic E-state index is 13.5. The molecule has 142 valence electrons. The van der Waals surface area contributed by atoms with Crippen LogP contribution in [0.15, 0.2) is 24.3 Å². The van der Waals surface area contributed by atoms with E-state index in [9.17, 15) is 9.59 Å². The third kappa shape index (κ3) is 2.94. The fourth-order valence-corrected chi connectivity index (χ4v) is 4.18. The van der Waals surface area contributed by atoms with Crippen molar-refractivity contribution in [3.8, 4) is 0 Å². The molecule has 1 N–H and O–H groups in total. The van der Waals surface area contributed by atoms with Crippen molar-refractivity contribution < 1.29 is 9.59 Å². The number of anilines is 3. The molecule has 1 saturated heterocycles. The van der Waals surface area contributed by atoms with Gasteiger partial charge in [-0.3, -0.25) is 19.4 Å². The molecule has 6 heteroatoms. The fourth-order valence-electron chi connectivity index (χ4n) is 4.18. The molecule has 1 aromatic heterocycles. The normalized spacial score (nSPS) is 17.1. The molecule has 27 heavy (non-hydrogen) atoms. The zero-order valence-electron chi connectivity index (χ0n) is 16.2. The van der Waals surface area contributed by atoms with E-state index in [4.69, 9.17) is 0 Å². The second-order valence-corrected chi connectivity index (χ2v) is 7.50. The van der Waals surface area contributed by atoms with Gasteiger partial charge in [0.15, 0.2) is 0 Å². The number of para-hydroxylation sites is 2. The average molecular weight is 366 g/mol. The van der Waals surface area contributed by atoms with Crippen LogP contribution in [0.3, 0.4) is 0 Å².